The Labute approximate surface area is 213 Å². The summed E-state index contributed by atoms with van der Waals surface area (Å²) in [7, 11) is 0. The molecule has 0 aliphatic rings. The topological polar surface area (TPSA) is 125 Å². The van der Waals surface area contributed by atoms with Gasteiger partial charge in [0.05, 0.1) is 32.3 Å². The molecule has 0 bridgehead atoms. The summed E-state index contributed by atoms with van der Waals surface area (Å²) in [6.07, 6.45) is -1.10. The van der Waals surface area contributed by atoms with Gasteiger partial charge in [-0.3, -0.25) is 0 Å². The lowest BCUT2D eigenvalue weighted by Gasteiger charge is -2.33. The first-order chi connectivity index (χ1) is 16.6. The fourth-order valence-corrected chi connectivity index (χ4v) is 3.51. The molecule has 0 saturated carbocycles. The normalized spacial score (nSPS) is 11.8. The average Bonchev–Trinajstić information content (AvgIpc) is 2.73. The Balaban J connectivity index is 2.25. The number of amides is 4. The molecule has 2 aromatic carbocycles. The van der Waals surface area contributed by atoms with E-state index in [1.165, 1.54) is 21.9 Å². The number of hydrogen-bond donors (Lipinski definition) is 5. The van der Waals surface area contributed by atoms with Crippen molar-refractivity contribution in [3.05, 3.63) is 59.7 Å². The van der Waals surface area contributed by atoms with Crippen LogP contribution in [0.15, 0.2) is 48.5 Å². The van der Waals surface area contributed by atoms with Gasteiger partial charge in [0.1, 0.15) is 11.5 Å². The van der Waals surface area contributed by atoms with E-state index in [0.29, 0.717) is 11.1 Å². The second-order valence-corrected chi connectivity index (χ2v) is 11.0. The summed E-state index contributed by atoms with van der Waals surface area (Å²) in [5.74, 6) is 0.0950. The molecule has 0 spiro atoms. The lowest BCUT2D eigenvalue weighted by atomic mass is 10.1. The molecule has 0 aromatic heterocycles. The number of phenols is 2. The van der Waals surface area contributed by atoms with E-state index < -0.39 is 29.2 Å². The molecule has 0 heterocycles. The van der Waals surface area contributed by atoms with Crippen molar-refractivity contribution in [2.45, 2.75) is 71.8 Å². The number of nitrogens with zero attached hydrogens (tertiary/aromatic N) is 2. The van der Waals surface area contributed by atoms with E-state index in [4.69, 9.17) is 0 Å². The van der Waals surface area contributed by atoms with E-state index in [1.807, 2.05) is 41.5 Å². The van der Waals surface area contributed by atoms with Crippen molar-refractivity contribution in [2.75, 3.05) is 13.1 Å². The molecule has 198 valence electrons. The molecule has 2 rings (SSSR count). The highest BCUT2D eigenvalue weighted by Crippen LogP contribution is 2.20. The summed E-state index contributed by atoms with van der Waals surface area (Å²) in [5, 5.41) is 37.2. The van der Waals surface area contributed by atoms with Crippen molar-refractivity contribution in [2.24, 2.45) is 0 Å². The summed E-state index contributed by atoms with van der Waals surface area (Å²) in [6.45, 7) is 11.1. The van der Waals surface area contributed by atoms with Crippen LogP contribution in [-0.2, 0) is 13.1 Å². The summed E-state index contributed by atoms with van der Waals surface area (Å²) < 4.78 is 0. The summed E-state index contributed by atoms with van der Waals surface area (Å²) in [6, 6.07) is 12.6. The second-order valence-electron chi connectivity index (χ2n) is 11.0. The largest absolute Gasteiger partial charge is 0.508 e. The number of aromatic hydroxyl groups is 2. The van der Waals surface area contributed by atoms with Crippen LogP contribution >= 0.6 is 0 Å². The molecule has 2 aromatic rings. The molecule has 4 amide bonds. The Morgan fingerprint density at radius 1 is 0.722 bits per heavy atom. The van der Waals surface area contributed by atoms with Gasteiger partial charge in [-0.1, -0.05) is 36.4 Å². The van der Waals surface area contributed by atoms with Gasteiger partial charge in [0.15, 0.2) is 0 Å². The zero-order valence-corrected chi connectivity index (χ0v) is 22.1. The molecular weight excluding hydrogens is 460 g/mol. The zero-order valence-electron chi connectivity index (χ0n) is 22.1. The van der Waals surface area contributed by atoms with Gasteiger partial charge in [-0.15, -0.1) is 0 Å². The Hall–Kier alpha value is -3.46. The molecule has 0 unspecified atom stereocenters. The fourth-order valence-electron chi connectivity index (χ4n) is 3.51. The van der Waals surface area contributed by atoms with Crippen LogP contribution in [0.3, 0.4) is 0 Å². The molecule has 0 atom stereocenters. The maximum atomic E-state index is 13.0. The maximum absolute atomic E-state index is 13.0. The van der Waals surface area contributed by atoms with E-state index in [2.05, 4.69) is 10.6 Å². The van der Waals surface area contributed by atoms with Crippen LogP contribution in [0.4, 0.5) is 9.59 Å². The molecule has 5 N–H and O–H groups in total. The fraction of sp³-hybridized carbons (Fsp3) is 0.481. The van der Waals surface area contributed by atoms with Crippen LogP contribution in [0.5, 0.6) is 11.5 Å². The lowest BCUT2D eigenvalue weighted by molar-refractivity contribution is 0.0829. The Morgan fingerprint density at radius 2 is 1.06 bits per heavy atom. The number of phenolic OH excluding ortho intramolecular Hbond substituents is 2. The number of carbonyl (C=O) groups is 2. The molecule has 0 aliphatic carbocycles. The van der Waals surface area contributed by atoms with Gasteiger partial charge in [0.25, 0.3) is 0 Å². The molecule has 0 aliphatic heterocycles. The summed E-state index contributed by atoms with van der Waals surface area (Å²) in [4.78, 5) is 28.9. The van der Waals surface area contributed by atoms with Gasteiger partial charge in [-0.25, -0.2) is 9.59 Å². The molecule has 9 heteroatoms. The molecule has 0 radical (unpaired) electrons. The van der Waals surface area contributed by atoms with Crippen molar-refractivity contribution >= 4 is 12.1 Å². The second kappa shape index (κ2) is 12.0. The minimum absolute atomic E-state index is 0.0475. The van der Waals surface area contributed by atoms with Crippen LogP contribution in [0.2, 0.25) is 0 Å². The highest BCUT2D eigenvalue weighted by molar-refractivity contribution is 5.76. The number of benzene rings is 2. The third kappa shape index (κ3) is 9.65. The standard InChI is InChI=1S/C27H40N4O5/c1-26(2,3)28-24(35)30(15-19-11-7-9-13-22(19)33)17-21(32)18-31(25(36)29-27(4,5)6)16-20-12-8-10-14-23(20)34/h7-14,21,32-34H,15-18H2,1-6H3,(H,28,35)(H,29,36). The highest BCUT2D eigenvalue weighted by Gasteiger charge is 2.27. The van der Waals surface area contributed by atoms with Crippen LogP contribution < -0.4 is 10.6 Å². The Morgan fingerprint density at radius 3 is 1.36 bits per heavy atom. The van der Waals surface area contributed by atoms with Crippen molar-refractivity contribution in [3.63, 3.8) is 0 Å². The van der Waals surface area contributed by atoms with E-state index in [0.717, 1.165) is 0 Å². The quantitative estimate of drug-likeness (QED) is 0.377. The molecule has 0 saturated heterocycles. The maximum Gasteiger partial charge on any atom is 0.318 e. The monoisotopic (exact) mass is 500 g/mol. The first-order valence-corrected chi connectivity index (χ1v) is 12.0. The number of aliphatic hydroxyl groups excluding tert-OH is 1. The number of para-hydroxylation sites is 2. The van der Waals surface area contributed by atoms with Crippen molar-refractivity contribution in [3.8, 4) is 11.5 Å². The minimum Gasteiger partial charge on any atom is -0.508 e. The number of hydrogen-bond acceptors (Lipinski definition) is 5. The number of aliphatic hydroxyl groups is 1. The summed E-state index contributed by atoms with van der Waals surface area (Å²) in [5.41, 5.74) is 0.0425. The Bertz CT molecular complexity index is 948. The third-order valence-corrected chi connectivity index (χ3v) is 5.11. The van der Waals surface area contributed by atoms with E-state index in [1.54, 1.807) is 36.4 Å². The van der Waals surface area contributed by atoms with E-state index >= 15 is 0 Å². The number of urea groups is 2. The predicted octanol–water partition coefficient (Wildman–Crippen LogP) is 3.78. The summed E-state index contributed by atoms with van der Waals surface area (Å²) >= 11 is 0. The van der Waals surface area contributed by atoms with Gasteiger partial charge >= 0.3 is 12.1 Å². The van der Waals surface area contributed by atoms with Crippen LogP contribution in [0.1, 0.15) is 52.7 Å². The van der Waals surface area contributed by atoms with Gasteiger partial charge < -0.3 is 35.8 Å². The van der Waals surface area contributed by atoms with E-state index in [9.17, 15) is 24.9 Å². The molecule has 9 nitrogen and oxygen atoms in total. The Kier molecular flexibility index (Phi) is 9.58. The van der Waals surface area contributed by atoms with Gasteiger partial charge in [0.2, 0.25) is 0 Å². The highest BCUT2D eigenvalue weighted by atomic mass is 16.3. The zero-order chi connectivity index (χ0) is 27.1. The number of rotatable bonds is 8. The van der Waals surface area contributed by atoms with Gasteiger partial charge in [-0.05, 0) is 53.7 Å². The number of carbonyl (C=O) groups excluding carboxylic acids is 2. The SMILES string of the molecule is CC(C)(C)NC(=O)N(Cc1ccccc1O)CC(O)CN(Cc1ccccc1O)C(=O)NC(C)(C)C. The van der Waals surface area contributed by atoms with Crippen molar-refractivity contribution in [1.82, 2.24) is 20.4 Å². The first-order valence-electron chi connectivity index (χ1n) is 12.0. The first kappa shape index (κ1) is 28.8. The smallest absolute Gasteiger partial charge is 0.318 e. The molecular formula is C27H40N4O5. The van der Waals surface area contributed by atoms with E-state index in [-0.39, 0.29) is 37.7 Å². The minimum atomic E-state index is -1.10. The van der Waals surface area contributed by atoms with Crippen molar-refractivity contribution in [1.29, 1.82) is 0 Å². The van der Waals surface area contributed by atoms with Crippen molar-refractivity contribution < 1.29 is 24.9 Å². The van der Waals surface area contributed by atoms with Gasteiger partial charge in [-0.2, -0.15) is 0 Å². The third-order valence-electron chi connectivity index (χ3n) is 5.11. The van der Waals surface area contributed by atoms with Gasteiger partial charge in [0, 0.05) is 22.2 Å². The lowest BCUT2D eigenvalue weighted by Crippen LogP contribution is -2.53. The predicted molar refractivity (Wildman–Crippen MR) is 140 cm³/mol. The number of nitrogens with one attached hydrogen (secondary N) is 2. The van der Waals surface area contributed by atoms with Crippen LogP contribution in [-0.4, -0.2) is 67.5 Å². The van der Waals surface area contributed by atoms with Crippen LogP contribution in [0.25, 0.3) is 0 Å². The molecule has 36 heavy (non-hydrogen) atoms. The molecule has 0 fully saturated rings. The average molecular weight is 501 g/mol. The van der Waals surface area contributed by atoms with Crippen LogP contribution in [0, 0.1) is 0 Å².